The molecule has 31 heavy (non-hydrogen) atoms. The minimum Gasteiger partial charge on any atom is -0.464 e. The maximum Gasteiger partial charge on any atom is 0.291 e. The number of benzene rings is 1. The van der Waals surface area contributed by atoms with Crippen molar-refractivity contribution in [1.82, 2.24) is 9.80 Å². The molecule has 0 saturated carbocycles. The highest BCUT2D eigenvalue weighted by Crippen LogP contribution is 2.39. The Labute approximate surface area is 179 Å². The summed E-state index contributed by atoms with van der Waals surface area (Å²) in [5, 5.41) is 0. The van der Waals surface area contributed by atoms with Crippen molar-refractivity contribution >= 4 is 17.5 Å². The fourth-order valence-corrected chi connectivity index (χ4v) is 4.24. The Bertz CT molecular complexity index is 965. The maximum absolute atomic E-state index is 13.3. The predicted octanol–water partition coefficient (Wildman–Crippen LogP) is 2.40. The molecule has 3 heterocycles. The van der Waals surface area contributed by atoms with Crippen molar-refractivity contribution in [2.45, 2.75) is 19.4 Å². The van der Waals surface area contributed by atoms with Gasteiger partial charge in [0.25, 0.3) is 5.91 Å². The highest BCUT2D eigenvalue weighted by molar-refractivity contribution is 6.44. The zero-order chi connectivity index (χ0) is 22.0. The number of morpholine rings is 1. The summed E-state index contributed by atoms with van der Waals surface area (Å²) in [6.45, 7) is 5.90. The lowest BCUT2D eigenvalue weighted by Crippen LogP contribution is -2.39. The average Bonchev–Trinajstić information content (AvgIpc) is 3.30. The van der Waals surface area contributed by atoms with E-state index in [0.29, 0.717) is 37.7 Å². The lowest BCUT2D eigenvalue weighted by atomic mass is 9.88. The molecule has 1 aromatic heterocycles. The van der Waals surface area contributed by atoms with E-state index in [0.717, 1.165) is 19.6 Å². The number of hydrogen-bond donors (Lipinski definition) is 0. The van der Waals surface area contributed by atoms with Crippen molar-refractivity contribution in [3.05, 3.63) is 59.3 Å². The molecule has 2 unspecified atom stereocenters. The average molecular weight is 428 g/mol. The molecule has 8 heteroatoms. The largest absolute Gasteiger partial charge is 0.464 e. The molecule has 1 amide bonds. The van der Waals surface area contributed by atoms with Gasteiger partial charge in [0.05, 0.1) is 13.2 Å². The van der Waals surface area contributed by atoms with E-state index in [1.165, 1.54) is 29.2 Å². The molecule has 1 aromatic carbocycles. The monoisotopic (exact) mass is 428 g/mol. The van der Waals surface area contributed by atoms with Crippen molar-refractivity contribution in [3.8, 4) is 0 Å². The van der Waals surface area contributed by atoms with Crippen molar-refractivity contribution in [2.24, 2.45) is 5.92 Å². The van der Waals surface area contributed by atoms with Gasteiger partial charge in [0.15, 0.2) is 5.78 Å². The molecule has 2 aliphatic rings. The Morgan fingerprint density at radius 2 is 1.77 bits per heavy atom. The summed E-state index contributed by atoms with van der Waals surface area (Å²) in [4.78, 5) is 42.7. The molecule has 164 valence electrons. The van der Waals surface area contributed by atoms with Crippen LogP contribution in [-0.2, 0) is 14.3 Å². The van der Waals surface area contributed by atoms with Crippen LogP contribution in [0.1, 0.15) is 34.3 Å². The van der Waals surface area contributed by atoms with Crippen molar-refractivity contribution in [3.63, 3.8) is 0 Å². The standard InChI is InChI=1S/C23H25FN2O5/c1-15-3-8-18(31-15)20-19(21(27)16-4-6-17(24)7-5-16)22(28)23(29)26(20)10-2-9-25-11-13-30-14-12-25/h3-8,19-20H,2,9-14H2,1H3. The normalized spacial score (nSPS) is 22.3. The van der Waals surface area contributed by atoms with Gasteiger partial charge in [-0.15, -0.1) is 0 Å². The Morgan fingerprint density at radius 3 is 2.42 bits per heavy atom. The SMILES string of the molecule is Cc1ccc(C2C(C(=O)c3ccc(F)cc3)C(=O)C(=O)N2CCCN2CCOCC2)o1. The zero-order valence-corrected chi connectivity index (χ0v) is 17.4. The van der Waals surface area contributed by atoms with Gasteiger partial charge >= 0.3 is 0 Å². The Morgan fingerprint density at radius 1 is 1.06 bits per heavy atom. The summed E-state index contributed by atoms with van der Waals surface area (Å²) >= 11 is 0. The summed E-state index contributed by atoms with van der Waals surface area (Å²) < 4.78 is 24.4. The van der Waals surface area contributed by atoms with E-state index in [9.17, 15) is 18.8 Å². The second-order valence-electron chi connectivity index (χ2n) is 7.91. The highest BCUT2D eigenvalue weighted by atomic mass is 19.1. The van der Waals surface area contributed by atoms with Crippen LogP contribution >= 0.6 is 0 Å². The summed E-state index contributed by atoms with van der Waals surface area (Å²) in [7, 11) is 0. The predicted molar refractivity (Wildman–Crippen MR) is 109 cm³/mol. The van der Waals surface area contributed by atoms with E-state index >= 15 is 0 Å². The maximum atomic E-state index is 13.3. The van der Waals surface area contributed by atoms with E-state index in [1.807, 2.05) is 0 Å². The first kappa shape index (κ1) is 21.4. The van der Waals surface area contributed by atoms with Gasteiger partial charge in [-0.05, 0) is 49.7 Å². The number of hydrogen-bond acceptors (Lipinski definition) is 6. The van der Waals surface area contributed by atoms with Crippen LogP contribution in [0.5, 0.6) is 0 Å². The van der Waals surface area contributed by atoms with Gasteiger partial charge in [-0.3, -0.25) is 19.3 Å². The fraction of sp³-hybridized carbons (Fsp3) is 0.435. The van der Waals surface area contributed by atoms with E-state index in [-0.39, 0.29) is 5.56 Å². The summed E-state index contributed by atoms with van der Waals surface area (Å²) in [5.41, 5.74) is 0.191. The van der Waals surface area contributed by atoms with Gasteiger partial charge in [-0.1, -0.05) is 0 Å². The molecule has 2 saturated heterocycles. The quantitative estimate of drug-likeness (QED) is 0.383. The minimum atomic E-state index is -1.22. The van der Waals surface area contributed by atoms with Crippen LogP contribution in [-0.4, -0.2) is 66.7 Å². The zero-order valence-electron chi connectivity index (χ0n) is 17.4. The number of furan rings is 1. The highest BCUT2D eigenvalue weighted by Gasteiger charge is 2.52. The third kappa shape index (κ3) is 4.45. The topological polar surface area (TPSA) is 80.1 Å². The number of ether oxygens (including phenoxy) is 1. The Kier molecular flexibility index (Phi) is 6.29. The van der Waals surface area contributed by atoms with Gasteiger partial charge < -0.3 is 14.1 Å². The van der Waals surface area contributed by atoms with Crippen LogP contribution < -0.4 is 0 Å². The summed E-state index contributed by atoms with van der Waals surface area (Å²) in [6, 6.07) is 7.64. The number of carbonyl (C=O) groups excluding carboxylic acids is 3. The molecule has 2 fully saturated rings. The number of nitrogens with zero attached hydrogens (tertiary/aromatic N) is 2. The van der Waals surface area contributed by atoms with Crippen LogP contribution in [0, 0.1) is 18.7 Å². The lowest BCUT2D eigenvalue weighted by molar-refractivity contribution is -0.140. The van der Waals surface area contributed by atoms with Crippen LogP contribution in [0.2, 0.25) is 0 Å². The third-order valence-corrected chi connectivity index (χ3v) is 5.85. The van der Waals surface area contributed by atoms with Crippen LogP contribution in [0.15, 0.2) is 40.8 Å². The minimum absolute atomic E-state index is 0.191. The second-order valence-corrected chi connectivity index (χ2v) is 7.91. The first-order chi connectivity index (χ1) is 15.0. The molecule has 0 bridgehead atoms. The Hall–Kier alpha value is -2.84. The first-order valence-electron chi connectivity index (χ1n) is 10.5. The van der Waals surface area contributed by atoms with Gasteiger partial charge in [-0.2, -0.15) is 0 Å². The summed E-state index contributed by atoms with van der Waals surface area (Å²) in [5.74, 6) is -2.60. The van der Waals surface area contributed by atoms with E-state index in [2.05, 4.69) is 4.90 Å². The molecular weight excluding hydrogens is 403 g/mol. The van der Waals surface area contributed by atoms with Crippen molar-refractivity contribution in [1.29, 1.82) is 0 Å². The molecule has 0 aliphatic carbocycles. The molecular formula is C23H25FN2O5. The molecule has 2 atom stereocenters. The molecule has 7 nitrogen and oxygen atoms in total. The second kappa shape index (κ2) is 9.11. The molecule has 4 rings (SSSR count). The van der Waals surface area contributed by atoms with Gasteiger partial charge in [0.2, 0.25) is 5.78 Å². The molecule has 2 aromatic rings. The number of carbonyl (C=O) groups is 3. The van der Waals surface area contributed by atoms with E-state index in [1.54, 1.807) is 19.1 Å². The first-order valence-corrected chi connectivity index (χ1v) is 10.5. The number of amides is 1. The van der Waals surface area contributed by atoms with Gasteiger partial charge in [0, 0.05) is 31.7 Å². The van der Waals surface area contributed by atoms with Crippen LogP contribution in [0.3, 0.4) is 0 Å². The van der Waals surface area contributed by atoms with Gasteiger partial charge in [-0.25, -0.2) is 4.39 Å². The van der Waals surface area contributed by atoms with Crippen molar-refractivity contribution in [2.75, 3.05) is 39.4 Å². The number of rotatable bonds is 7. The van der Waals surface area contributed by atoms with Crippen LogP contribution in [0.4, 0.5) is 4.39 Å². The number of aryl methyl sites for hydroxylation is 1. The number of ketones is 2. The number of Topliss-reactive ketones (excluding diaryl/α,β-unsaturated/α-hetero) is 2. The number of halogens is 1. The summed E-state index contributed by atoms with van der Waals surface area (Å²) in [6.07, 6.45) is 0.659. The van der Waals surface area contributed by atoms with Gasteiger partial charge in [0.1, 0.15) is 29.3 Å². The molecule has 0 spiro atoms. The van der Waals surface area contributed by atoms with Crippen LogP contribution in [0.25, 0.3) is 0 Å². The van der Waals surface area contributed by atoms with Crippen molar-refractivity contribution < 1.29 is 27.9 Å². The fourth-order valence-electron chi connectivity index (χ4n) is 4.24. The van der Waals surface area contributed by atoms with E-state index < -0.39 is 35.3 Å². The third-order valence-electron chi connectivity index (χ3n) is 5.85. The lowest BCUT2D eigenvalue weighted by Gasteiger charge is -2.29. The van der Waals surface area contributed by atoms with E-state index in [4.69, 9.17) is 9.15 Å². The Balaban J connectivity index is 1.57. The molecule has 0 N–H and O–H groups in total. The molecule has 0 radical (unpaired) electrons. The molecule has 2 aliphatic heterocycles. The number of likely N-dealkylation sites (tertiary alicyclic amines) is 1. The smallest absolute Gasteiger partial charge is 0.291 e.